The van der Waals surface area contributed by atoms with Crippen LogP contribution in [0.25, 0.3) is 5.69 Å². The van der Waals surface area contributed by atoms with Crippen LogP contribution in [0.1, 0.15) is 36.8 Å². The summed E-state index contributed by atoms with van der Waals surface area (Å²) in [5.41, 5.74) is 2.82. The molecule has 25 heavy (non-hydrogen) atoms. The fraction of sp³-hybridized carbons (Fsp3) is 0.278. The van der Waals surface area contributed by atoms with Crippen LogP contribution in [0.4, 0.5) is 4.39 Å². The van der Waals surface area contributed by atoms with Crippen molar-refractivity contribution in [2.24, 2.45) is 0 Å². The van der Waals surface area contributed by atoms with Crippen molar-refractivity contribution in [3.8, 4) is 5.69 Å². The van der Waals surface area contributed by atoms with Crippen LogP contribution in [0.3, 0.4) is 0 Å². The molecule has 0 saturated carbocycles. The van der Waals surface area contributed by atoms with Crippen LogP contribution >= 0.6 is 0 Å². The number of aromatic nitrogens is 2. The standard InChI is InChI=1S/C18H20FN3O3/c1-10(2)9-15(23)20-17(18(24)25)16-11(3)21-22(12(16)4)14-7-5-13(19)6-8-14/h5-9,17H,1-4H3,(H,20,23)(H,24,25)/t17-/m0/s1. The van der Waals surface area contributed by atoms with E-state index >= 15 is 0 Å². The highest BCUT2D eigenvalue weighted by atomic mass is 19.1. The van der Waals surface area contributed by atoms with Gasteiger partial charge in [-0.2, -0.15) is 5.10 Å². The number of aryl methyl sites for hydroxylation is 1. The first-order chi connectivity index (χ1) is 11.7. The molecule has 0 aliphatic rings. The summed E-state index contributed by atoms with van der Waals surface area (Å²) >= 11 is 0. The molecule has 0 aliphatic heterocycles. The lowest BCUT2D eigenvalue weighted by molar-refractivity contribution is -0.141. The molecular formula is C18H20FN3O3. The number of carbonyl (C=O) groups is 2. The van der Waals surface area contributed by atoms with E-state index in [1.165, 1.54) is 22.9 Å². The van der Waals surface area contributed by atoms with Crippen LogP contribution in [0.15, 0.2) is 35.9 Å². The lowest BCUT2D eigenvalue weighted by Gasteiger charge is -2.14. The third-order valence-corrected chi connectivity index (χ3v) is 3.66. The van der Waals surface area contributed by atoms with Crippen LogP contribution in [0.5, 0.6) is 0 Å². The lowest BCUT2D eigenvalue weighted by atomic mass is 10.0. The van der Waals surface area contributed by atoms with Gasteiger partial charge in [-0.25, -0.2) is 13.9 Å². The molecule has 0 spiro atoms. The van der Waals surface area contributed by atoms with Crippen molar-refractivity contribution in [3.63, 3.8) is 0 Å². The highest BCUT2D eigenvalue weighted by Crippen LogP contribution is 2.25. The fourth-order valence-corrected chi connectivity index (χ4v) is 2.61. The number of carboxylic acid groups (broad SMARTS) is 1. The molecule has 1 aromatic heterocycles. The van der Waals surface area contributed by atoms with Crippen LogP contribution < -0.4 is 5.32 Å². The van der Waals surface area contributed by atoms with Crippen molar-refractivity contribution in [3.05, 3.63) is 58.7 Å². The molecule has 0 unspecified atom stereocenters. The number of carboxylic acids is 1. The van der Waals surface area contributed by atoms with Gasteiger partial charge in [-0.1, -0.05) is 5.57 Å². The van der Waals surface area contributed by atoms with Crippen molar-refractivity contribution < 1.29 is 19.1 Å². The predicted octanol–water partition coefficient (Wildman–Crippen LogP) is 2.84. The number of allylic oxidation sites excluding steroid dienone is 1. The van der Waals surface area contributed by atoms with Crippen molar-refractivity contribution >= 4 is 11.9 Å². The smallest absolute Gasteiger partial charge is 0.331 e. The molecule has 0 fully saturated rings. The maximum atomic E-state index is 13.1. The number of nitrogens with one attached hydrogen (secondary N) is 1. The number of amides is 1. The molecule has 2 N–H and O–H groups in total. The Labute approximate surface area is 145 Å². The molecule has 7 heteroatoms. The van der Waals surface area contributed by atoms with Gasteiger partial charge in [0.05, 0.1) is 11.4 Å². The number of aliphatic carboxylic acids is 1. The second-order valence-corrected chi connectivity index (χ2v) is 5.97. The molecule has 1 atom stereocenters. The second-order valence-electron chi connectivity index (χ2n) is 5.97. The van der Waals surface area contributed by atoms with E-state index in [2.05, 4.69) is 10.4 Å². The van der Waals surface area contributed by atoms with Gasteiger partial charge in [0.1, 0.15) is 5.82 Å². The minimum absolute atomic E-state index is 0.372. The molecule has 132 valence electrons. The van der Waals surface area contributed by atoms with E-state index < -0.39 is 17.9 Å². The Kier molecular flexibility index (Phi) is 5.36. The molecule has 2 aromatic rings. The van der Waals surface area contributed by atoms with E-state index in [1.54, 1.807) is 39.8 Å². The summed E-state index contributed by atoms with van der Waals surface area (Å²) in [5.74, 6) is -2.04. The minimum atomic E-state index is -1.22. The third kappa shape index (κ3) is 4.12. The SMILES string of the molecule is CC(C)=CC(=O)N[C@H](C(=O)O)c1c(C)nn(-c2ccc(F)cc2)c1C. The topological polar surface area (TPSA) is 84.2 Å². The summed E-state index contributed by atoms with van der Waals surface area (Å²) in [5, 5.41) is 16.4. The Bertz CT molecular complexity index is 834. The van der Waals surface area contributed by atoms with E-state index in [0.29, 0.717) is 22.6 Å². The quantitative estimate of drug-likeness (QED) is 0.816. The molecule has 0 bridgehead atoms. The summed E-state index contributed by atoms with van der Waals surface area (Å²) < 4.78 is 14.6. The molecular weight excluding hydrogens is 325 g/mol. The molecule has 0 saturated heterocycles. The highest BCUT2D eigenvalue weighted by Gasteiger charge is 2.28. The number of hydrogen-bond acceptors (Lipinski definition) is 3. The summed E-state index contributed by atoms with van der Waals surface area (Å²) in [6, 6.07) is 4.48. The average Bonchev–Trinajstić information content (AvgIpc) is 2.80. The zero-order valence-electron chi connectivity index (χ0n) is 14.5. The molecule has 0 radical (unpaired) electrons. The van der Waals surface area contributed by atoms with Crippen LogP contribution in [0.2, 0.25) is 0 Å². The van der Waals surface area contributed by atoms with E-state index in [-0.39, 0.29) is 5.82 Å². The lowest BCUT2D eigenvalue weighted by Crippen LogP contribution is -2.33. The number of rotatable bonds is 5. The predicted molar refractivity (Wildman–Crippen MR) is 90.9 cm³/mol. The van der Waals surface area contributed by atoms with Crippen LogP contribution in [-0.2, 0) is 9.59 Å². The second kappa shape index (κ2) is 7.29. The molecule has 6 nitrogen and oxygen atoms in total. The minimum Gasteiger partial charge on any atom is -0.479 e. The van der Waals surface area contributed by atoms with Crippen molar-refractivity contribution in [2.45, 2.75) is 33.7 Å². The van der Waals surface area contributed by atoms with Gasteiger partial charge in [-0.05, 0) is 52.0 Å². The highest BCUT2D eigenvalue weighted by molar-refractivity contribution is 5.92. The molecule has 1 amide bonds. The van der Waals surface area contributed by atoms with Crippen molar-refractivity contribution in [1.29, 1.82) is 0 Å². The number of halogens is 1. The summed E-state index contributed by atoms with van der Waals surface area (Å²) in [7, 11) is 0. The largest absolute Gasteiger partial charge is 0.479 e. The third-order valence-electron chi connectivity index (χ3n) is 3.66. The monoisotopic (exact) mass is 345 g/mol. The molecule has 2 rings (SSSR count). The van der Waals surface area contributed by atoms with Crippen molar-refractivity contribution in [2.75, 3.05) is 0 Å². The van der Waals surface area contributed by atoms with E-state index in [4.69, 9.17) is 0 Å². The number of carbonyl (C=O) groups excluding carboxylic acids is 1. The van der Waals surface area contributed by atoms with Crippen LogP contribution in [0, 0.1) is 19.7 Å². The van der Waals surface area contributed by atoms with E-state index in [0.717, 1.165) is 5.57 Å². The molecule has 0 aliphatic carbocycles. The summed E-state index contributed by atoms with van der Waals surface area (Å²) in [4.78, 5) is 23.7. The number of nitrogens with zero attached hydrogens (tertiary/aromatic N) is 2. The number of hydrogen-bond donors (Lipinski definition) is 2. The Balaban J connectivity index is 2.45. The van der Waals surface area contributed by atoms with Gasteiger partial charge in [0, 0.05) is 17.3 Å². The molecule has 1 heterocycles. The zero-order chi connectivity index (χ0) is 18.7. The van der Waals surface area contributed by atoms with Gasteiger partial charge in [0.15, 0.2) is 6.04 Å². The Morgan fingerprint density at radius 2 is 1.84 bits per heavy atom. The fourth-order valence-electron chi connectivity index (χ4n) is 2.61. The zero-order valence-corrected chi connectivity index (χ0v) is 14.5. The first-order valence-electron chi connectivity index (χ1n) is 7.71. The first-order valence-corrected chi connectivity index (χ1v) is 7.71. The van der Waals surface area contributed by atoms with Gasteiger partial charge >= 0.3 is 5.97 Å². The Morgan fingerprint density at radius 3 is 2.36 bits per heavy atom. The normalized spacial score (nSPS) is 11.7. The number of benzene rings is 1. The van der Waals surface area contributed by atoms with Gasteiger partial charge in [-0.15, -0.1) is 0 Å². The van der Waals surface area contributed by atoms with Crippen LogP contribution in [-0.4, -0.2) is 26.8 Å². The Hall–Kier alpha value is -2.96. The summed E-state index contributed by atoms with van der Waals surface area (Å²) in [6.07, 6.45) is 1.34. The van der Waals surface area contributed by atoms with Crippen molar-refractivity contribution in [1.82, 2.24) is 15.1 Å². The average molecular weight is 345 g/mol. The summed E-state index contributed by atoms with van der Waals surface area (Å²) in [6.45, 7) is 6.88. The van der Waals surface area contributed by atoms with Gasteiger partial charge in [-0.3, -0.25) is 4.79 Å². The van der Waals surface area contributed by atoms with Gasteiger partial charge < -0.3 is 10.4 Å². The van der Waals surface area contributed by atoms with E-state index in [9.17, 15) is 19.1 Å². The van der Waals surface area contributed by atoms with E-state index in [1.807, 2.05) is 0 Å². The van der Waals surface area contributed by atoms with Gasteiger partial charge in [0.2, 0.25) is 5.91 Å². The maximum Gasteiger partial charge on any atom is 0.331 e. The maximum absolute atomic E-state index is 13.1. The van der Waals surface area contributed by atoms with Gasteiger partial charge in [0.25, 0.3) is 0 Å². The Morgan fingerprint density at radius 1 is 1.24 bits per heavy atom. The molecule has 1 aromatic carbocycles. The first kappa shape index (κ1) is 18.4.